The van der Waals surface area contributed by atoms with E-state index in [9.17, 15) is 9.90 Å². The van der Waals surface area contributed by atoms with E-state index >= 15 is 0 Å². The monoisotopic (exact) mass is 299 g/mol. The molecule has 1 aliphatic rings. The lowest BCUT2D eigenvalue weighted by atomic mass is 10.1. The summed E-state index contributed by atoms with van der Waals surface area (Å²) < 4.78 is 2.03. The minimum absolute atomic E-state index is 0.0153. The van der Waals surface area contributed by atoms with Crippen LogP contribution in [0.2, 0.25) is 0 Å². The molecule has 116 valence electrons. The fourth-order valence-corrected chi connectivity index (χ4v) is 3.04. The number of fused-ring (bicyclic) bond motifs is 1. The maximum atomic E-state index is 12.1. The fourth-order valence-electron chi connectivity index (χ4n) is 3.04. The molecule has 0 fully saturated rings. The Hall–Kier alpha value is -2.14. The van der Waals surface area contributed by atoms with E-state index in [-0.39, 0.29) is 11.9 Å². The largest absolute Gasteiger partial charge is 0.390 e. The molecule has 2 aromatic rings. The molecule has 1 aliphatic carbocycles. The van der Waals surface area contributed by atoms with E-state index in [0.717, 1.165) is 29.9 Å². The SMILES string of the molecule is Cc1nccn1CCCC(=O)NC1c2ccccc2CC1O. The van der Waals surface area contributed by atoms with Crippen LogP contribution in [0.5, 0.6) is 0 Å². The van der Waals surface area contributed by atoms with Crippen molar-refractivity contribution < 1.29 is 9.90 Å². The number of benzene rings is 1. The molecule has 2 unspecified atom stereocenters. The van der Waals surface area contributed by atoms with Gasteiger partial charge in [-0.1, -0.05) is 24.3 Å². The summed E-state index contributed by atoms with van der Waals surface area (Å²) in [6.45, 7) is 2.73. The van der Waals surface area contributed by atoms with Gasteiger partial charge in [0.05, 0.1) is 12.1 Å². The van der Waals surface area contributed by atoms with Crippen LogP contribution in [0.4, 0.5) is 0 Å². The van der Waals surface area contributed by atoms with Crippen LogP contribution in [0, 0.1) is 6.92 Å². The number of amides is 1. The molecule has 22 heavy (non-hydrogen) atoms. The number of hydrogen-bond donors (Lipinski definition) is 2. The summed E-state index contributed by atoms with van der Waals surface area (Å²) in [5, 5.41) is 13.1. The average molecular weight is 299 g/mol. The second-order valence-electron chi connectivity index (χ2n) is 5.79. The standard InChI is InChI=1S/C17H21N3O2/c1-12-18-8-10-20(12)9-4-7-16(22)19-17-14-6-3-2-5-13(14)11-15(17)21/h2-3,5-6,8,10,15,17,21H,4,7,9,11H2,1H3,(H,19,22). The summed E-state index contributed by atoms with van der Waals surface area (Å²) >= 11 is 0. The van der Waals surface area contributed by atoms with E-state index in [1.165, 1.54) is 0 Å². The van der Waals surface area contributed by atoms with Crippen LogP contribution in [0.15, 0.2) is 36.7 Å². The molecular weight excluding hydrogens is 278 g/mol. The lowest BCUT2D eigenvalue weighted by Crippen LogP contribution is -2.33. The molecule has 1 aromatic carbocycles. The van der Waals surface area contributed by atoms with Crippen molar-refractivity contribution in [3.8, 4) is 0 Å². The first-order valence-electron chi connectivity index (χ1n) is 7.68. The third-order valence-electron chi connectivity index (χ3n) is 4.25. The van der Waals surface area contributed by atoms with Crippen molar-refractivity contribution in [2.75, 3.05) is 0 Å². The molecule has 0 bridgehead atoms. The van der Waals surface area contributed by atoms with Gasteiger partial charge in [0, 0.05) is 31.8 Å². The minimum atomic E-state index is -0.530. The first-order valence-corrected chi connectivity index (χ1v) is 7.68. The molecule has 0 saturated carbocycles. The highest BCUT2D eigenvalue weighted by molar-refractivity contribution is 5.76. The first kappa shape index (κ1) is 14.8. The number of rotatable bonds is 5. The lowest BCUT2D eigenvalue weighted by Gasteiger charge is -2.18. The van der Waals surface area contributed by atoms with Crippen LogP contribution in [-0.2, 0) is 17.8 Å². The van der Waals surface area contributed by atoms with Gasteiger partial charge in [-0.25, -0.2) is 4.98 Å². The number of carbonyl (C=O) groups is 1. The molecule has 3 rings (SSSR count). The lowest BCUT2D eigenvalue weighted by molar-refractivity contribution is -0.122. The zero-order chi connectivity index (χ0) is 15.5. The molecular formula is C17H21N3O2. The Morgan fingerprint density at radius 3 is 3.05 bits per heavy atom. The Kier molecular flexibility index (Phi) is 4.24. The van der Waals surface area contributed by atoms with E-state index in [1.54, 1.807) is 6.20 Å². The maximum absolute atomic E-state index is 12.1. The summed E-state index contributed by atoms with van der Waals surface area (Å²) in [5.74, 6) is 0.944. The van der Waals surface area contributed by atoms with Gasteiger partial charge in [-0.2, -0.15) is 0 Å². The van der Waals surface area contributed by atoms with Crippen LogP contribution in [-0.4, -0.2) is 26.7 Å². The van der Waals surface area contributed by atoms with Gasteiger partial charge in [0.2, 0.25) is 5.91 Å². The number of aliphatic hydroxyl groups is 1. The van der Waals surface area contributed by atoms with Crippen LogP contribution in [0.1, 0.15) is 35.8 Å². The average Bonchev–Trinajstić information content (AvgIpc) is 3.04. The van der Waals surface area contributed by atoms with Gasteiger partial charge < -0.3 is 15.0 Å². The Morgan fingerprint density at radius 1 is 1.45 bits per heavy atom. The zero-order valence-corrected chi connectivity index (χ0v) is 12.7. The number of imidazole rings is 1. The molecule has 0 saturated heterocycles. The Bertz CT molecular complexity index is 665. The second-order valence-corrected chi connectivity index (χ2v) is 5.79. The van der Waals surface area contributed by atoms with Crippen LogP contribution >= 0.6 is 0 Å². The van der Waals surface area contributed by atoms with Gasteiger partial charge in [0.25, 0.3) is 0 Å². The third kappa shape index (κ3) is 3.04. The molecule has 0 spiro atoms. The third-order valence-corrected chi connectivity index (χ3v) is 4.25. The van der Waals surface area contributed by atoms with Gasteiger partial charge in [0.1, 0.15) is 5.82 Å². The topological polar surface area (TPSA) is 67.2 Å². The van der Waals surface area contributed by atoms with Crippen molar-refractivity contribution in [3.63, 3.8) is 0 Å². The van der Waals surface area contributed by atoms with Gasteiger partial charge in [-0.05, 0) is 24.5 Å². The van der Waals surface area contributed by atoms with Crippen molar-refractivity contribution in [1.29, 1.82) is 0 Å². The predicted octanol–water partition coefficient (Wildman–Crippen LogP) is 1.75. The summed E-state index contributed by atoms with van der Waals surface area (Å²) in [5.41, 5.74) is 2.16. The minimum Gasteiger partial charge on any atom is -0.390 e. The van der Waals surface area contributed by atoms with Crippen molar-refractivity contribution >= 4 is 5.91 Å². The van der Waals surface area contributed by atoms with Crippen molar-refractivity contribution in [2.24, 2.45) is 0 Å². The summed E-state index contributed by atoms with van der Waals surface area (Å²) in [6, 6.07) is 7.61. The number of hydrogen-bond acceptors (Lipinski definition) is 3. The predicted molar refractivity (Wildman–Crippen MR) is 83.2 cm³/mol. The van der Waals surface area contributed by atoms with Crippen LogP contribution in [0.25, 0.3) is 0 Å². The highest BCUT2D eigenvalue weighted by Crippen LogP contribution is 2.31. The Morgan fingerprint density at radius 2 is 2.27 bits per heavy atom. The highest BCUT2D eigenvalue weighted by atomic mass is 16.3. The quantitative estimate of drug-likeness (QED) is 0.884. The molecule has 1 aromatic heterocycles. The van der Waals surface area contributed by atoms with E-state index in [2.05, 4.69) is 10.3 Å². The number of nitrogens with one attached hydrogen (secondary N) is 1. The van der Waals surface area contributed by atoms with Gasteiger partial charge in [-0.15, -0.1) is 0 Å². The Labute approximate surface area is 130 Å². The number of aliphatic hydroxyl groups excluding tert-OH is 1. The Balaban J connectivity index is 1.53. The van der Waals surface area contributed by atoms with Crippen molar-refractivity contribution in [1.82, 2.24) is 14.9 Å². The summed E-state index contributed by atoms with van der Waals surface area (Å²) in [7, 11) is 0. The van der Waals surface area contributed by atoms with Gasteiger partial charge >= 0.3 is 0 Å². The second kappa shape index (κ2) is 6.32. The molecule has 0 aliphatic heterocycles. The van der Waals surface area contributed by atoms with Gasteiger partial charge in [-0.3, -0.25) is 4.79 Å². The van der Waals surface area contributed by atoms with Crippen molar-refractivity contribution in [2.45, 2.75) is 44.9 Å². The molecule has 2 atom stereocenters. The molecule has 1 heterocycles. The number of nitrogens with zero attached hydrogens (tertiary/aromatic N) is 2. The molecule has 5 nitrogen and oxygen atoms in total. The maximum Gasteiger partial charge on any atom is 0.220 e. The van der Waals surface area contributed by atoms with E-state index in [4.69, 9.17) is 0 Å². The summed E-state index contributed by atoms with van der Waals surface area (Å²) in [6.07, 6.45) is 4.97. The van der Waals surface area contributed by atoms with Gasteiger partial charge in [0.15, 0.2) is 0 Å². The zero-order valence-electron chi connectivity index (χ0n) is 12.7. The van der Waals surface area contributed by atoms with E-state index in [1.807, 2.05) is 42.0 Å². The smallest absolute Gasteiger partial charge is 0.220 e. The van der Waals surface area contributed by atoms with Crippen LogP contribution in [0.3, 0.4) is 0 Å². The molecule has 0 radical (unpaired) electrons. The molecule has 1 amide bonds. The molecule has 5 heteroatoms. The normalized spacial score (nSPS) is 19.9. The number of carbonyl (C=O) groups excluding carboxylic acids is 1. The first-order chi connectivity index (χ1) is 10.6. The summed E-state index contributed by atoms with van der Waals surface area (Å²) in [4.78, 5) is 16.3. The van der Waals surface area contributed by atoms with Crippen molar-refractivity contribution in [3.05, 3.63) is 53.6 Å². The van der Waals surface area contributed by atoms with Crippen LogP contribution < -0.4 is 5.32 Å². The fraction of sp³-hybridized carbons (Fsp3) is 0.412. The van der Waals surface area contributed by atoms with E-state index < -0.39 is 6.10 Å². The number of aromatic nitrogens is 2. The number of aryl methyl sites for hydroxylation is 2. The molecule has 2 N–H and O–H groups in total. The van der Waals surface area contributed by atoms with E-state index in [0.29, 0.717) is 12.8 Å². The highest BCUT2D eigenvalue weighted by Gasteiger charge is 2.31.